The van der Waals surface area contributed by atoms with E-state index in [9.17, 15) is 10.1 Å². The van der Waals surface area contributed by atoms with Crippen molar-refractivity contribution in [2.45, 2.75) is 44.8 Å². The first kappa shape index (κ1) is 21.2. The molecular formula is C23H28N8O3. The van der Waals surface area contributed by atoms with Gasteiger partial charge in [0, 0.05) is 37.2 Å². The Bertz CT molecular complexity index is 1250. The highest BCUT2D eigenvalue weighted by molar-refractivity contribution is 5.88. The Morgan fingerprint density at radius 3 is 2.85 bits per heavy atom. The molecular weight excluding hydrogens is 436 g/mol. The summed E-state index contributed by atoms with van der Waals surface area (Å²) in [5.41, 5.74) is 9.49. The van der Waals surface area contributed by atoms with E-state index in [-0.39, 0.29) is 28.2 Å². The molecule has 2 aromatic heterocycles. The van der Waals surface area contributed by atoms with Crippen molar-refractivity contribution in [1.82, 2.24) is 20.2 Å². The van der Waals surface area contributed by atoms with Crippen LogP contribution in [0.1, 0.15) is 31.7 Å². The quantitative estimate of drug-likeness (QED) is 0.442. The Morgan fingerprint density at radius 2 is 2.12 bits per heavy atom. The van der Waals surface area contributed by atoms with Crippen LogP contribution in [0.2, 0.25) is 0 Å². The molecule has 1 spiro atoms. The van der Waals surface area contributed by atoms with Gasteiger partial charge in [-0.2, -0.15) is 5.10 Å². The maximum absolute atomic E-state index is 11.5. The second-order valence-electron chi connectivity index (χ2n) is 9.65. The van der Waals surface area contributed by atoms with Crippen molar-refractivity contribution in [2.24, 2.45) is 11.1 Å². The number of benzene rings is 1. The lowest BCUT2D eigenvalue weighted by atomic mass is 9.73. The molecule has 3 N–H and O–H groups in total. The predicted octanol–water partition coefficient (Wildman–Crippen LogP) is 2.68. The number of rotatable bonds is 3. The van der Waals surface area contributed by atoms with Crippen LogP contribution in [0.15, 0.2) is 24.4 Å². The molecule has 0 bridgehead atoms. The summed E-state index contributed by atoms with van der Waals surface area (Å²) in [6, 6.07) is 5.26. The molecule has 11 heteroatoms. The average molecular weight is 465 g/mol. The maximum atomic E-state index is 11.5. The summed E-state index contributed by atoms with van der Waals surface area (Å²) < 4.78 is 5.84. The molecule has 2 saturated heterocycles. The summed E-state index contributed by atoms with van der Waals surface area (Å²) in [4.78, 5) is 25.0. The molecule has 3 aliphatic heterocycles. The average Bonchev–Trinajstić information content (AvgIpc) is 3.40. The smallest absolute Gasteiger partial charge is 0.274 e. The van der Waals surface area contributed by atoms with Gasteiger partial charge in [-0.25, -0.2) is 9.97 Å². The number of aromatic nitrogens is 4. The standard InChI is InChI=1S/C23H28N8O3/c1-14-20(24)23(13-34-14)7-10-29(11-8-23)18-12-25-19-21(26-18)27-28-22(19)30-9-3-4-15-16(30)5-2-6-17(15)31(32)33/h2,5-6,12,14,20H,3-4,7-11,13,24H2,1H3,(H,26,27,28)/t14-,20+/m0/s1. The Morgan fingerprint density at radius 1 is 1.29 bits per heavy atom. The topological polar surface area (TPSA) is 139 Å². The number of hydrogen-bond donors (Lipinski definition) is 2. The van der Waals surface area contributed by atoms with Crippen molar-refractivity contribution in [3.8, 4) is 0 Å². The number of nitrogens with one attached hydrogen (secondary N) is 1. The van der Waals surface area contributed by atoms with Gasteiger partial charge in [0.1, 0.15) is 5.82 Å². The Hall–Kier alpha value is -3.31. The van der Waals surface area contributed by atoms with Crippen molar-refractivity contribution in [3.63, 3.8) is 0 Å². The minimum atomic E-state index is -0.314. The van der Waals surface area contributed by atoms with Crippen LogP contribution in [0, 0.1) is 15.5 Å². The highest BCUT2D eigenvalue weighted by Gasteiger charge is 2.47. The van der Waals surface area contributed by atoms with E-state index < -0.39 is 0 Å². The van der Waals surface area contributed by atoms with Gasteiger partial charge in [0.15, 0.2) is 17.0 Å². The third kappa shape index (κ3) is 3.22. The number of nitro groups is 1. The lowest BCUT2D eigenvalue weighted by Gasteiger charge is -2.41. The second-order valence-corrected chi connectivity index (χ2v) is 9.65. The molecule has 5 heterocycles. The van der Waals surface area contributed by atoms with Gasteiger partial charge in [0.05, 0.1) is 35.1 Å². The van der Waals surface area contributed by atoms with Gasteiger partial charge in [-0.15, -0.1) is 0 Å². The van der Waals surface area contributed by atoms with Crippen LogP contribution in [0.25, 0.3) is 11.2 Å². The third-order valence-electron chi connectivity index (χ3n) is 7.85. The zero-order valence-corrected chi connectivity index (χ0v) is 19.1. The zero-order valence-electron chi connectivity index (χ0n) is 19.1. The molecule has 0 aliphatic carbocycles. The number of aromatic amines is 1. The molecule has 1 aromatic carbocycles. The monoisotopic (exact) mass is 464 g/mol. The van der Waals surface area contributed by atoms with Crippen LogP contribution in [0.4, 0.5) is 23.0 Å². The van der Waals surface area contributed by atoms with E-state index in [4.69, 9.17) is 20.4 Å². The van der Waals surface area contributed by atoms with Crippen molar-refractivity contribution in [3.05, 3.63) is 40.1 Å². The zero-order chi connectivity index (χ0) is 23.4. The highest BCUT2D eigenvalue weighted by atomic mass is 16.6. The fourth-order valence-electron chi connectivity index (χ4n) is 5.77. The molecule has 0 unspecified atom stereocenters. The largest absolute Gasteiger partial charge is 0.376 e. The second kappa shape index (κ2) is 7.88. The van der Waals surface area contributed by atoms with Crippen molar-refractivity contribution >= 4 is 34.2 Å². The fraction of sp³-hybridized carbons (Fsp3) is 0.522. The minimum absolute atomic E-state index is 0.0544. The van der Waals surface area contributed by atoms with E-state index in [1.54, 1.807) is 18.3 Å². The maximum Gasteiger partial charge on any atom is 0.274 e. The van der Waals surface area contributed by atoms with Crippen LogP contribution in [0.5, 0.6) is 0 Å². The first-order valence-corrected chi connectivity index (χ1v) is 11.8. The highest BCUT2D eigenvalue weighted by Crippen LogP contribution is 2.42. The van der Waals surface area contributed by atoms with Crippen molar-refractivity contribution in [1.29, 1.82) is 0 Å². The van der Waals surface area contributed by atoms with Crippen LogP contribution < -0.4 is 15.5 Å². The molecule has 2 atom stereocenters. The number of hydrogen-bond acceptors (Lipinski definition) is 9. The van der Waals surface area contributed by atoms with E-state index in [2.05, 4.69) is 22.0 Å². The van der Waals surface area contributed by atoms with Crippen LogP contribution in [-0.4, -0.2) is 63.5 Å². The van der Waals surface area contributed by atoms with Crippen molar-refractivity contribution < 1.29 is 9.66 Å². The Labute approximate surface area is 196 Å². The molecule has 2 fully saturated rings. The Kier molecular flexibility index (Phi) is 4.92. The van der Waals surface area contributed by atoms with Gasteiger partial charge in [-0.3, -0.25) is 15.2 Å². The van der Waals surface area contributed by atoms with Crippen molar-refractivity contribution in [2.75, 3.05) is 36.0 Å². The van der Waals surface area contributed by atoms with Gasteiger partial charge in [0.25, 0.3) is 5.69 Å². The SMILES string of the molecule is C[C@@H]1OCC2(CCN(c3cnc4c(N5CCCc6c5cccc6[N+](=O)[O-])n[nH]c4n3)CC2)[C@@H]1N. The number of ether oxygens (including phenoxy) is 1. The van der Waals surface area contributed by atoms with E-state index in [1.807, 2.05) is 11.0 Å². The van der Waals surface area contributed by atoms with Crippen LogP contribution in [0.3, 0.4) is 0 Å². The van der Waals surface area contributed by atoms with E-state index >= 15 is 0 Å². The van der Waals surface area contributed by atoms with Gasteiger partial charge in [-0.05, 0) is 38.7 Å². The van der Waals surface area contributed by atoms with Gasteiger partial charge < -0.3 is 20.3 Å². The lowest BCUT2D eigenvalue weighted by Crippen LogP contribution is -2.50. The summed E-state index contributed by atoms with van der Waals surface area (Å²) in [6.45, 7) is 5.21. The van der Waals surface area contributed by atoms with Crippen LogP contribution in [-0.2, 0) is 11.2 Å². The molecule has 0 saturated carbocycles. The molecule has 6 rings (SSSR count). The number of nitrogens with two attached hydrogens (primary N) is 1. The molecule has 3 aliphatic rings. The third-order valence-corrected chi connectivity index (χ3v) is 7.85. The normalized spacial score (nSPS) is 24.1. The number of H-pyrrole nitrogens is 1. The minimum Gasteiger partial charge on any atom is -0.376 e. The summed E-state index contributed by atoms with van der Waals surface area (Å²) in [5, 5.41) is 19.0. The fourth-order valence-corrected chi connectivity index (χ4v) is 5.77. The predicted molar refractivity (Wildman–Crippen MR) is 127 cm³/mol. The number of nitro benzene ring substituents is 1. The summed E-state index contributed by atoms with van der Waals surface area (Å²) in [5.74, 6) is 1.46. The summed E-state index contributed by atoms with van der Waals surface area (Å²) in [7, 11) is 0. The van der Waals surface area contributed by atoms with Gasteiger partial charge in [-0.1, -0.05) is 6.07 Å². The van der Waals surface area contributed by atoms with Crippen LogP contribution >= 0.6 is 0 Å². The van der Waals surface area contributed by atoms with Gasteiger partial charge in [0.2, 0.25) is 0 Å². The van der Waals surface area contributed by atoms with E-state index in [0.717, 1.165) is 56.0 Å². The lowest BCUT2D eigenvalue weighted by molar-refractivity contribution is -0.385. The summed E-state index contributed by atoms with van der Waals surface area (Å²) in [6.07, 6.45) is 5.31. The van der Waals surface area contributed by atoms with E-state index in [1.165, 1.54) is 0 Å². The Balaban J connectivity index is 1.27. The summed E-state index contributed by atoms with van der Waals surface area (Å²) >= 11 is 0. The first-order chi connectivity index (χ1) is 16.5. The first-order valence-electron chi connectivity index (χ1n) is 11.8. The number of fused-ring (bicyclic) bond motifs is 2. The molecule has 0 amide bonds. The number of anilines is 3. The molecule has 3 aromatic rings. The van der Waals surface area contributed by atoms with Gasteiger partial charge >= 0.3 is 0 Å². The molecule has 178 valence electrons. The van der Waals surface area contributed by atoms with E-state index in [0.29, 0.717) is 29.9 Å². The number of nitrogens with zero attached hydrogens (tertiary/aromatic N) is 6. The molecule has 0 radical (unpaired) electrons. The molecule has 11 nitrogen and oxygen atoms in total. The molecule has 34 heavy (non-hydrogen) atoms. The number of piperidine rings is 1.